The van der Waals surface area contributed by atoms with Crippen LogP contribution in [-0.4, -0.2) is 8.75 Å². The van der Waals surface area contributed by atoms with E-state index in [4.69, 9.17) is 0 Å². The van der Waals surface area contributed by atoms with Crippen LogP contribution in [0.4, 0.5) is 0 Å². The Labute approximate surface area is 167 Å². The number of alkyl halides is 2. The van der Waals surface area contributed by atoms with E-state index in [2.05, 4.69) is 101 Å². The lowest BCUT2D eigenvalue weighted by atomic mass is 9.97. The van der Waals surface area contributed by atoms with Gasteiger partial charge in [0, 0.05) is 21.8 Å². The van der Waals surface area contributed by atoms with Gasteiger partial charge in [-0.2, -0.15) is 8.75 Å². The Bertz CT molecular complexity index is 927. The fourth-order valence-electron chi connectivity index (χ4n) is 2.88. The van der Waals surface area contributed by atoms with E-state index < -0.39 is 0 Å². The average Bonchev–Trinajstić information content (AvgIpc) is 3.17. The summed E-state index contributed by atoms with van der Waals surface area (Å²) in [5.74, 6) is 0. The van der Waals surface area contributed by atoms with Crippen molar-refractivity contribution in [3.63, 3.8) is 0 Å². The minimum atomic E-state index is 0.865. The molecule has 0 fully saturated rings. The summed E-state index contributed by atoms with van der Waals surface area (Å²) >= 11 is 8.26. The van der Waals surface area contributed by atoms with Gasteiger partial charge in [-0.3, -0.25) is 0 Å². The molecule has 0 aliphatic heterocycles. The van der Waals surface area contributed by atoms with Crippen molar-refractivity contribution in [1.29, 1.82) is 0 Å². The Hall–Kier alpha value is -1.56. The summed E-state index contributed by atoms with van der Waals surface area (Å²) in [6.45, 7) is 0. The zero-order chi connectivity index (χ0) is 17.2. The van der Waals surface area contributed by atoms with Crippen LogP contribution < -0.4 is 0 Å². The Kier molecular flexibility index (Phi) is 4.97. The van der Waals surface area contributed by atoms with Crippen molar-refractivity contribution < 1.29 is 0 Å². The van der Waals surface area contributed by atoms with Crippen molar-refractivity contribution in [2.45, 2.75) is 10.7 Å². The summed E-state index contributed by atoms with van der Waals surface area (Å²) in [4.78, 5) is 0. The van der Waals surface area contributed by atoms with Crippen molar-refractivity contribution in [2.24, 2.45) is 0 Å². The lowest BCUT2D eigenvalue weighted by molar-refractivity contribution is 1.43. The van der Waals surface area contributed by atoms with Gasteiger partial charge in [0.15, 0.2) is 0 Å². The molecule has 0 saturated heterocycles. The molecule has 0 bridgehead atoms. The van der Waals surface area contributed by atoms with Gasteiger partial charge < -0.3 is 0 Å². The molecular weight excluding hydrogens is 460 g/mol. The second-order valence-corrected chi connectivity index (χ2v) is 7.43. The number of hydrogen-bond acceptors (Lipinski definition) is 3. The third-order valence-electron chi connectivity index (χ3n) is 4.25. The van der Waals surface area contributed by atoms with Crippen molar-refractivity contribution >= 4 is 54.6 Å². The number of fused-ring (bicyclic) bond motifs is 1. The molecule has 0 spiro atoms. The topological polar surface area (TPSA) is 25.8 Å². The van der Waals surface area contributed by atoms with Gasteiger partial charge in [0.1, 0.15) is 11.0 Å². The largest absolute Gasteiger partial charge is 0.172 e. The van der Waals surface area contributed by atoms with E-state index in [-0.39, 0.29) is 0 Å². The van der Waals surface area contributed by atoms with E-state index in [0.717, 1.165) is 32.8 Å². The second-order valence-electron chi connectivity index (χ2n) is 5.78. The number of rotatable bonds is 4. The third kappa shape index (κ3) is 3.28. The SMILES string of the molecule is BrCc1ccc(-c2ccc(-c3ccc(CBr)cc3)c3nsnc23)cc1. The molecule has 2 nitrogen and oxygen atoms in total. The summed E-state index contributed by atoms with van der Waals surface area (Å²) in [6, 6.07) is 21.5. The number of nitrogens with zero attached hydrogens (tertiary/aromatic N) is 2. The zero-order valence-electron chi connectivity index (χ0n) is 13.2. The first-order valence-electron chi connectivity index (χ1n) is 7.86. The normalized spacial score (nSPS) is 11.1. The molecule has 0 radical (unpaired) electrons. The Morgan fingerprint density at radius 3 is 1.36 bits per heavy atom. The molecule has 1 aromatic heterocycles. The predicted molar refractivity (Wildman–Crippen MR) is 114 cm³/mol. The summed E-state index contributed by atoms with van der Waals surface area (Å²) in [6.07, 6.45) is 0. The van der Waals surface area contributed by atoms with Crippen LogP contribution in [0, 0.1) is 0 Å². The molecule has 1 heterocycles. The molecule has 0 saturated carbocycles. The molecule has 0 aliphatic carbocycles. The quantitative estimate of drug-likeness (QED) is 0.304. The molecule has 0 aliphatic rings. The standard InChI is InChI=1S/C20H14Br2N2S/c21-11-13-1-5-15(6-2-13)17-9-10-18(20-19(17)23-25-24-20)16-7-3-14(12-22)4-8-16/h1-10H,11-12H2. The highest BCUT2D eigenvalue weighted by Crippen LogP contribution is 2.34. The number of halogens is 2. The average molecular weight is 474 g/mol. The minimum Gasteiger partial charge on any atom is -0.172 e. The molecule has 25 heavy (non-hydrogen) atoms. The molecule has 0 atom stereocenters. The molecule has 0 N–H and O–H groups in total. The predicted octanol–water partition coefficient (Wildman–Crippen LogP) is 6.82. The van der Waals surface area contributed by atoms with Crippen molar-refractivity contribution in [2.75, 3.05) is 0 Å². The molecule has 3 aromatic carbocycles. The van der Waals surface area contributed by atoms with Crippen LogP contribution in [0.1, 0.15) is 11.1 Å². The highest BCUT2D eigenvalue weighted by Gasteiger charge is 2.13. The van der Waals surface area contributed by atoms with Crippen LogP contribution in [0.15, 0.2) is 60.7 Å². The van der Waals surface area contributed by atoms with E-state index in [9.17, 15) is 0 Å². The van der Waals surface area contributed by atoms with E-state index in [1.807, 2.05) is 0 Å². The van der Waals surface area contributed by atoms with Gasteiger partial charge in [0.2, 0.25) is 0 Å². The lowest BCUT2D eigenvalue weighted by Crippen LogP contribution is -1.87. The fourth-order valence-corrected chi connectivity index (χ4v) is 4.20. The molecule has 0 amide bonds. The lowest BCUT2D eigenvalue weighted by Gasteiger charge is -2.08. The van der Waals surface area contributed by atoms with Gasteiger partial charge in [-0.25, -0.2) is 0 Å². The zero-order valence-corrected chi connectivity index (χ0v) is 17.2. The number of hydrogen-bond donors (Lipinski definition) is 0. The van der Waals surface area contributed by atoms with E-state index in [1.165, 1.54) is 34.0 Å². The van der Waals surface area contributed by atoms with E-state index in [0.29, 0.717) is 0 Å². The maximum atomic E-state index is 4.57. The van der Waals surface area contributed by atoms with Crippen LogP contribution in [0.2, 0.25) is 0 Å². The van der Waals surface area contributed by atoms with E-state index >= 15 is 0 Å². The van der Waals surface area contributed by atoms with Gasteiger partial charge in [0.25, 0.3) is 0 Å². The highest BCUT2D eigenvalue weighted by molar-refractivity contribution is 9.08. The van der Waals surface area contributed by atoms with Gasteiger partial charge in [-0.1, -0.05) is 92.5 Å². The van der Waals surface area contributed by atoms with Gasteiger partial charge in [-0.15, -0.1) is 0 Å². The monoisotopic (exact) mass is 472 g/mol. The van der Waals surface area contributed by atoms with Crippen molar-refractivity contribution in [3.05, 3.63) is 71.8 Å². The fraction of sp³-hybridized carbons (Fsp3) is 0.100. The summed E-state index contributed by atoms with van der Waals surface area (Å²) in [5.41, 5.74) is 9.07. The van der Waals surface area contributed by atoms with E-state index in [1.54, 1.807) is 0 Å². The highest BCUT2D eigenvalue weighted by atomic mass is 79.9. The second kappa shape index (κ2) is 7.36. The van der Waals surface area contributed by atoms with Crippen LogP contribution in [-0.2, 0) is 10.7 Å². The van der Waals surface area contributed by atoms with Gasteiger partial charge in [-0.05, 0) is 22.3 Å². The summed E-state index contributed by atoms with van der Waals surface area (Å²) in [7, 11) is 0. The van der Waals surface area contributed by atoms with Crippen molar-refractivity contribution in [1.82, 2.24) is 8.75 Å². The third-order valence-corrected chi connectivity index (χ3v) is 6.08. The smallest absolute Gasteiger partial charge is 0.113 e. The van der Waals surface area contributed by atoms with Crippen LogP contribution >= 0.6 is 43.6 Å². The molecule has 124 valence electrons. The molecule has 5 heteroatoms. The summed E-state index contributed by atoms with van der Waals surface area (Å²) in [5, 5.41) is 1.73. The van der Waals surface area contributed by atoms with Crippen LogP contribution in [0.3, 0.4) is 0 Å². The molecule has 4 rings (SSSR count). The molecule has 0 unspecified atom stereocenters. The first kappa shape index (κ1) is 16.9. The van der Waals surface area contributed by atoms with Gasteiger partial charge in [0.05, 0.1) is 11.7 Å². The van der Waals surface area contributed by atoms with Crippen LogP contribution in [0.25, 0.3) is 33.3 Å². The first-order valence-corrected chi connectivity index (χ1v) is 10.8. The molecular formula is C20H14Br2N2S. The Morgan fingerprint density at radius 1 is 0.600 bits per heavy atom. The first-order chi connectivity index (χ1) is 12.3. The Morgan fingerprint density at radius 2 is 1.00 bits per heavy atom. The molecule has 4 aromatic rings. The maximum Gasteiger partial charge on any atom is 0.113 e. The number of aromatic nitrogens is 2. The maximum absolute atomic E-state index is 4.57. The summed E-state index contributed by atoms with van der Waals surface area (Å²) < 4.78 is 9.14. The minimum absolute atomic E-state index is 0.865. The van der Waals surface area contributed by atoms with Crippen LogP contribution in [0.5, 0.6) is 0 Å². The van der Waals surface area contributed by atoms with Crippen molar-refractivity contribution in [3.8, 4) is 22.3 Å². The van der Waals surface area contributed by atoms with Gasteiger partial charge >= 0.3 is 0 Å². The Balaban J connectivity index is 1.82. The number of benzene rings is 3.